The second kappa shape index (κ2) is 8.59. The van der Waals surface area contributed by atoms with E-state index in [4.69, 9.17) is 11.5 Å². The Balaban J connectivity index is 2.38. The summed E-state index contributed by atoms with van der Waals surface area (Å²) in [6, 6.07) is 6.46. The third-order valence-corrected chi connectivity index (χ3v) is 2.57. The van der Waals surface area contributed by atoms with E-state index in [9.17, 15) is 9.59 Å². The number of benzene rings is 1. The van der Waals surface area contributed by atoms with Crippen molar-refractivity contribution < 1.29 is 14.7 Å². The summed E-state index contributed by atoms with van der Waals surface area (Å²) < 4.78 is 0. The molecule has 0 aliphatic heterocycles. The average Bonchev–Trinajstić information content (AvgIpc) is 2.38. The standard InChI is InChI=1S/C15H18N2O3/c1-2-3-4-5-9-16-15(20)17-13-8-6-7-12(10-13)11-14(18)19/h1,6-8,10H,3-5,9,11H2,(H,18,19)(H2,16,17,20). The summed E-state index contributed by atoms with van der Waals surface area (Å²) in [6.45, 7) is 0.558. The molecular formula is C15H18N2O3. The number of hydrogen-bond donors (Lipinski definition) is 3. The molecule has 0 heterocycles. The number of nitrogens with one attached hydrogen (secondary N) is 2. The molecule has 2 amide bonds. The third kappa shape index (κ3) is 6.45. The number of aliphatic carboxylic acids is 1. The Morgan fingerprint density at radius 3 is 2.80 bits per heavy atom. The van der Waals surface area contributed by atoms with Crippen LogP contribution in [0.3, 0.4) is 0 Å². The molecule has 5 nitrogen and oxygen atoms in total. The number of carboxylic acid groups (broad SMARTS) is 1. The molecule has 0 spiro atoms. The summed E-state index contributed by atoms with van der Waals surface area (Å²) in [4.78, 5) is 22.2. The number of hydrogen-bond acceptors (Lipinski definition) is 2. The van der Waals surface area contributed by atoms with Crippen molar-refractivity contribution in [2.75, 3.05) is 11.9 Å². The molecular weight excluding hydrogens is 256 g/mol. The smallest absolute Gasteiger partial charge is 0.319 e. The van der Waals surface area contributed by atoms with Gasteiger partial charge in [0.2, 0.25) is 0 Å². The van der Waals surface area contributed by atoms with E-state index in [1.54, 1.807) is 24.3 Å². The van der Waals surface area contributed by atoms with E-state index in [1.165, 1.54) is 0 Å². The summed E-state index contributed by atoms with van der Waals surface area (Å²) in [5.41, 5.74) is 1.22. The predicted octanol–water partition coefficient (Wildman–Crippen LogP) is 2.24. The van der Waals surface area contributed by atoms with E-state index in [-0.39, 0.29) is 12.5 Å². The van der Waals surface area contributed by atoms with Gasteiger partial charge < -0.3 is 15.7 Å². The van der Waals surface area contributed by atoms with Crippen LogP contribution in [0.5, 0.6) is 0 Å². The van der Waals surface area contributed by atoms with Crippen LogP contribution >= 0.6 is 0 Å². The Kier molecular flexibility index (Phi) is 6.69. The highest BCUT2D eigenvalue weighted by molar-refractivity contribution is 5.89. The van der Waals surface area contributed by atoms with Crippen molar-refractivity contribution in [3.8, 4) is 12.3 Å². The number of amides is 2. The number of carbonyl (C=O) groups excluding carboxylic acids is 1. The number of terminal acetylenes is 1. The largest absolute Gasteiger partial charge is 0.481 e. The number of rotatable bonds is 7. The summed E-state index contributed by atoms with van der Waals surface area (Å²) >= 11 is 0. The van der Waals surface area contributed by atoms with Gasteiger partial charge in [0.05, 0.1) is 6.42 Å². The highest BCUT2D eigenvalue weighted by atomic mass is 16.4. The van der Waals surface area contributed by atoms with E-state index >= 15 is 0 Å². The van der Waals surface area contributed by atoms with E-state index in [2.05, 4.69) is 16.6 Å². The molecule has 0 bridgehead atoms. The zero-order valence-corrected chi connectivity index (χ0v) is 11.2. The SMILES string of the molecule is C#CCCCCNC(=O)Nc1cccc(CC(=O)O)c1. The van der Waals surface area contributed by atoms with Crippen LogP contribution in [-0.4, -0.2) is 23.7 Å². The highest BCUT2D eigenvalue weighted by Gasteiger charge is 2.04. The third-order valence-electron chi connectivity index (χ3n) is 2.57. The minimum atomic E-state index is -0.903. The molecule has 0 saturated carbocycles. The van der Waals surface area contributed by atoms with Crippen LogP contribution in [0.1, 0.15) is 24.8 Å². The Hall–Kier alpha value is -2.48. The number of unbranched alkanes of at least 4 members (excludes halogenated alkanes) is 2. The lowest BCUT2D eigenvalue weighted by molar-refractivity contribution is -0.136. The molecule has 0 fully saturated rings. The van der Waals surface area contributed by atoms with Crippen LogP contribution < -0.4 is 10.6 Å². The Bertz CT molecular complexity index is 506. The van der Waals surface area contributed by atoms with Crippen molar-refractivity contribution in [3.05, 3.63) is 29.8 Å². The fourth-order valence-electron chi connectivity index (χ4n) is 1.66. The fourth-order valence-corrected chi connectivity index (χ4v) is 1.66. The maximum Gasteiger partial charge on any atom is 0.319 e. The molecule has 0 atom stereocenters. The van der Waals surface area contributed by atoms with Gasteiger partial charge in [-0.15, -0.1) is 12.3 Å². The van der Waals surface area contributed by atoms with Gasteiger partial charge in [-0.1, -0.05) is 12.1 Å². The summed E-state index contributed by atoms with van der Waals surface area (Å²) in [5, 5.41) is 14.1. The van der Waals surface area contributed by atoms with Gasteiger partial charge in [-0.05, 0) is 30.5 Å². The van der Waals surface area contributed by atoms with Crippen LogP contribution in [0.2, 0.25) is 0 Å². The Morgan fingerprint density at radius 2 is 2.10 bits per heavy atom. The minimum Gasteiger partial charge on any atom is -0.481 e. The van der Waals surface area contributed by atoms with Gasteiger partial charge in [0.25, 0.3) is 0 Å². The van der Waals surface area contributed by atoms with Gasteiger partial charge in [0, 0.05) is 18.7 Å². The van der Waals surface area contributed by atoms with Crippen LogP contribution in [0.15, 0.2) is 24.3 Å². The molecule has 0 aliphatic rings. The second-order valence-corrected chi connectivity index (χ2v) is 4.31. The monoisotopic (exact) mass is 274 g/mol. The maximum atomic E-state index is 11.6. The molecule has 0 unspecified atom stereocenters. The minimum absolute atomic E-state index is 0.0662. The summed E-state index contributed by atoms with van der Waals surface area (Å²) in [7, 11) is 0. The first-order valence-corrected chi connectivity index (χ1v) is 6.41. The molecule has 106 valence electrons. The van der Waals surface area contributed by atoms with E-state index < -0.39 is 5.97 Å². The van der Waals surface area contributed by atoms with Crippen molar-refractivity contribution in [1.29, 1.82) is 0 Å². The molecule has 3 N–H and O–H groups in total. The molecule has 20 heavy (non-hydrogen) atoms. The van der Waals surface area contributed by atoms with E-state index in [0.29, 0.717) is 24.2 Å². The first kappa shape index (κ1) is 15.6. The first-order valence-electron chi connectivity index (χ1n) is 6.41. The van der Waals surface area contributed by atoms with Crippen molar-refractivity contribution >= 4 is 17.7 Å². The number of urea groups is 1. The lowest BCUT2D eigenvalue weighted by Gasteiger charge is -2.08. The van der Waals surface area contributed by atoms with Gasteiger partial charge in [0.1, 0.15) is 0 Å². The van der Waals surface area contributed by atoms with Crippen LogP contribution in [0.25, 0.3) is 0 Å². The van der Waals surface area contributed by atoms with E-state index in [1.807, 2.05) is 0 Å². The van der Waals surface area contributed by atoms with Crippen molar-refractivity contribution in [1.82, 2.24) is 5.32 Å². The Labute approximate surface area is 118 Å². The van der Waals surface area contributed by atoms with Crippen molar-refractivity contribution in [2.45, 2.75) is 25.7 Å². The lowest BCUT2D eigenvalue weighted by Crippen LogP contribution is -2.29. The number of carboxylic acids is 1. The van der Waals surface area contributed by atoms with Crippen LogP contribution in [-0.2, 0) is 11.2 Å². The van der Waals surface area contributed by atoms with Gasteiger partial charge in [-0.3, -0.25) is 4.79 Å². The zero-order chi connectivity index (χ0) is 14.8. The molecule has 0 radical (unpaired) electrons. The zero-order valence-electron chi connectivity index (χ0n) is 11.2. The van der Waals surface area contributed by atoms with Crippen molar-refractivity contribution in [2.24, 2.45) is 0 Å². The molecule has 0 aromatic heterocycles. The molecule has 1 aromatic rings. The Morgan fingerprint density at radius 1 is 1.30 bits per heavy atom. The molecule has 1 rings (SSSR count). The van der Waals surface area contributed by atoms with Gasteiger partial charge in [-0.2, -0.15) is 0 Å². The predicted molar refractivity (Wildman–Crippen MR) is 77.5 cm³/mol. The van der Waals surface area contributed by atoms with Crippen molar-refractivity contribution in [3.63, 3.8) is 0 Å². The van der Waals surface area contributed by atoms with E-state index in [0.717, 1.165) is 12.8 Å². The lowest BCUT2D eigenvalue weighted by atomic mass is 10.1. The first-order chi connectivity index (χ1) is 9.61. The quantitative estimate of drug-likeness (QED) is 0.527. The van der Waals surface area contributed by atoms with Crippen LogP contribution in [0.4, 0.5) is 10.5 Å². The number of anilines is 1. The molecule has 1 aromatic carbocycles. The maximum absolute atomic E-state index is 11.6. The van der Waals surface area contributed by atoms with Gasteiger partial charge in [-0.25, -0.2) is 4.79 Å². The normalized spacial score (nSPS) is 9.55. The average molecular weight is 274 g/mol. The molecule has 0 aliphatic carbocycles. The van der Waals surface area contributed by atoms with Gasteiger partial charge >= 0.3 is 12.0 Å². The molecule has 5 heteroatoms. The summed E-state index contributed by atoms with van der Waals surface area (Å²) in [6.07, 6.45) is 7.48. The summed E-state index contributed by atoms with van der Waals surface area (Å²) in [5.74, 6) is 1.64. The second-order valence-electron chi connectivity index (χ2n) is 4.31. The van der Waals surface area contributed by atoms with Crippen LogP contribution in [0, 0.1) is 12.3 Å². The highest BCUT2D eigenvalue weighted by Crippen LogP contribution is 2.11. The van der Waals surface area contributed by atoms with Gasteiger partial charge in [0.15, 0.2) is 0 Å². The molecule has 0 saturated heterocycles. The fraction of sp³-hybridized carbons (Fsp3) is 0.333. The number of carbonyl (C=O) groups is 2. The topological polar surface area (TPSA) is 78.4 Å².